The van der Waals surface area contributed by atoms with Crippen LogP contribution in [0.2, 0.25) is 0 Å². The van der Waals surface area contributed by atoms with Gasteiger partial charge in [-0.2, -0.15) is 13.1 Å². The van der Waals surface area contributed by atoms with Crippen molar-refractivity contribution in [2.75, 3.05) is 0 Å². The second-order valence-electron chi connectivity index (χ2n) is 1.85. The van der Waals surface area contributed by atoms with Gasteiger partial charge in [0.25, 0.3) is 0 Å². The summed E-state index contributed by atoms with van der Waals surface area (Å²) in [4.78, 5) is 0. The van der Waals surface area contributed by atoms with E-state index < -0.39 is 15.8 Å². The normalized spacial score (nSPS) is 15.1. The summed E-state index contributed by atoms with van der Waals surface area (Å²) >= 11 is 5.42. The van der Waals surface area contributed by atoms with Crippen molar-refractivity contribution in [3.63, 3.8) is 0 Å². The van der Waals surface area contributed by atoms with Crippen molar-refractivity contribution in [1.29, 1.82) is 0 Å². The van der Waals surface area contributed by atoms with Crippen LogP contribution in [-0.4, -0.2) is 18.5 Å². The van der Waals surface area contributed by atoms with Gasteiger partial charge in [-0.25, -0.2) is 0 Å². The fourth-order valence-corrected chi connectivity index (χ4v) is 1.47. The molecule has 0 aliphatic heterocycles. The van der Waals surface area contributed by atoms with Gasteiger partial charge in [0.05, 0.1) is 5.50 Å². The quantitative estimate of drug-likeness (QED) is 0.388. The molecular weight excluding hydrogens is 178 g/mol. The molecule has 0 aromatic rings. The van der Waals surface area contributed by atoms with E-state index in [1.807, 2.05) is 11.6 Å². The summed E-state index contributed by atoms with van der Waals surface area (Å²) in [5.41, 5.74) is -0.708. The van der Waals surface area contributed by atoms with Crippen LogP contribution in [0.5, 0.6) is 0 Å². The van der Waals surface area contributed by atoms with E-state index in [2.05, 4.69) is 0 Å². The molecule has 0 fully saturated rings. The molecule has 1 unspecified atom stereocenters. The largest absolute Gasteiger partial charge is 0.334 e. The van der Waals surface area contributed by atoms with Crippen LogP contribution >= 0.6 is 11.6 Å². The fraction of sp³-hybridized carbons (Fsp3) is 1.00. The molecule has 0 spiro atoms. The zero-order valence-electron chi connectivity index (χ0n) is 5.54. The molecule has 2 N–H and O–H groups in total. The standard InChI is InChI=1S/C4H10ClNO3S/c1-2-3-4(5)6-10(7,8)9/h4,6H,2-3H2,1H3,(H,7,8,9). The third-order valence-electron chi connectivity index (χ3n) is 0.819. The van der Waals surface area contributed by atoms with Crippen molar-refractivity contribution in [2.45, 2.75) is 25.3 Å². The number of hydrogen-bond donors (Lipinski definition) is 2. The molecule has 1 atom stereocenters. The van der Waals surface area contributed by atoms with E-state index in [0.29, 0.717) is 6.42 Å². The van der Waals surface area contributed by atoms with Gasteiger partial charge in [0.2, 0.25) is 0 Å². The van der Waals surface area contributed by atoms with E-state index in [4.69, 9.17) is 16.2 Å². The molecule has 0 heterocycles. The first-order chi connectivity index (χ1) is 4.45. The topological polar surface area (TPSA) is 66.4 Å². The maximum Gasteiger partial charge on any atom is 0.334 e. The molecule has 0 saturated heterocycles. The van der Waals surface area contributed by atoms with Crippen molar-refractivity contribution in [3.05, 3.63) is 0 Å². The number of rotatable bonds is 4. The summed E-state index contributed by atoms with van der Waals surface area (Å²) in [5, 5.41) is 0. The molecule has 0 aliphatic rings. The van der Waals surface area contributed by atoms with E-state index in [9.17, 15) is 8.42 Å². The highest BCUT2D eigenvalue weighted by atomic mass is 35.5. The Kier molecular flexibility index (Phi) is 4.19. The first-order valence-electron chi connectivity index (χ1n) is 2.84. The van der Waals surface area contributed by atoms with Crippen LogP contribution in [0.15, 0.2) is 0 Å². The molecule has 0 bridgehead atoms. The van der Waals surface area contributed by atoms with Crippen LogP contribution in [0.4, 0.5) is 0 Å². The predicted octanol–water partition coefficient (Wildman–Crippen LogP) is 0.744. The molecule has 62 valence electrons. The number of alkyl halides is 1. The van der Waals surface area contributed by atoms with Gasteiger partial charge in [0, 0.05) is 0 Å². The molecule has 4 nitrogen and oxygen atoms in total. The Hall–Kier alpha value is 0.160. The smallest absolute Gasteiger partial charge is 0.273 e. The summed E-state index contributed by atoms with van der Waals surface area (Å²) in [7, 11) is -4.13. The summed E-state index contributed by atoms with van der Waals surface area (Å²) in [6, 6.07) is 0. The van der Waals surface area contributed by atoms with E-state index in [1.54, 1.807) is 0 Å². The van der Waals surface area contributed by atoms with Crippen LogP contribution in [0.3, 0.4) is 0 Å². The molecule has 0 saturated carbocycles. The molecule has 0 aliphatic carbocycles. The van der Waals surface area contributed by atoms with Crippen molar-refractivity contribution in [3.8, 4) is 0 Å². The summed E-state index contributed by atoms with van der Waals surface area (Å²) in [6.07, 6.45) is 1.26. The molecule has 0 radical (unpaired) electrons. The Bertz CT molecular complexity index is 179. The Morgan fingerprint density at radius 3 is 2.50 bits per heavy atom. The van der Waals surface area contributed by atoms with E-state index in [-0.39, 0.29) is 0 Å². The van der Waals surface area contributed by atoms with Gasteiger partial charge in [-0.3, -0.25) is 4.55 Å². The second-order valence-corrected chi connectivity index (χ2v) is 3.56. The van der Waals surface area contributed by atoms with Crippen molar-refractivity contribution < 1.29 is 13.0 Å². The number of nitrogens with one attached hydrogen (secondary N) is 1. The zero-order chi connectivity index (χ0) is 8.20. The number of hydrogen-bond acceptors (Lipinski definition) is 2. The lowest BCUT2D eigenvalue weighted by molar-refractivity contribution is 0.462. The summed E-state index contributed by atoms with van der Waals surface area (Å²) in [6.45, 7) is 1.86. The Morgan fingerprint density at radius 1 is 1.70 bits per heavy atom. The maximum absolute atomic E-state index is 10.1. The first-order valence-corrected chi connectivity index (χ1v) is 4.72. The summed E-state index contributed by atoms with van der Waals surface area (Å²) < 4.78 is 30.2. The lowest BCUT2D eigenvalue weighted by Crippen LogP contribution is -2.29. The monoisotopic (exact) mass is 187 g/mol. The molecule has 0 rings (SSSR count). The highest BCUT2D eigenvalue weighted by molar-refractivity contribution is 7.83. The van der Waals surface area contributed by atoms with E-state index >= 15 is 0 Å². The molecule has 0 aromatic carbocycles. The van der Waals surface area contributed by atoms with Gasteiger partial charge < -0.3 is 0 Å². The third kappa shape index (κ3) is 6.28. The SMILES string of the molecule is CCCC(Cl)NS(=O)(=O)O. The van der Waals surface area contributed by atoms with Crippen LogP contribution in [0.25, 0.3) is 0 Å². The van der Waals surface area contributed by atoms with Crippen LogP contribution in [-0.2, 0) is 10.3 Å². The van der Waals surface area contributed by atoms with Crippen LogP contribution in [0, 0.1) is 0 Å². The van der Waals surface area contributed by atoms with Crippen LogP contribution in [0.1, 0.15) is 19.8 Å². The molecular formula is C4H10ClNO3S. The van der Waals surface area contributed by atoms with Crippen LogP contribution < -0.4 is 4.72 Å². The lowest BCUT2D eigenvalue weighted by atomic mass is 10.3. The zero-order valence-corrected chi connectivity index (χ0v) is 7.11. The fourth-order valence-electron chi connectivity index (χ4n) is 0.474. The van der Waals surface area contributed by atoms with E-state index in [0.717, 1.165) is 6.42 Å². The number of halogens is 1. The minimum Gasteiger partial charge on any atom is -0.273 e. The average Bonchev–Trinajstić information content (AvgIpc) is 1.59. The van der Waals surface area contributed by atoms with Gasteiger partial charge >= 0.3 is 10.3 Å². The van der Waals surface area contributed by atoms with Gasteiger partial charge in [-0.05, 0) is 6.42 Å². The maximum atomic E-state index is 10.1. The average molecular weight is 188 g/mol. The predicted molar refractivity (Wildman–Crippen MR) is 39.2 cm³/mol. The van der Waals surface area contributed by atoms with Gasteiger partial charge in [0.15, 0.2) is 0 Å². The van der Waals surface area contributed by atoms with Gasteiger partial charge in [-0.1, -0.05) is 13.3 Å². The lowest BCUT2D eigenvalue weighted by Gasteiger charge is -2.05. The Labute approximate surface area is 65.5 Å². The summed E-state index contributed by atoms with van der Waals surface area (Å²) in [5.74, 6) is 0. The third-order valence-corrected chi connectivity index (χ3v) is 1.86. The second kappa shape index (κ2) is 4.12. The minimum absolute atomic E-state index is 0.501. The van der Waals surface area contributed by atoms with Gasteiger partial charge in [0.1, 0.15) is 0 Å². The van der Waals surface area contributed by atoms with Crippen molar-refractivity contribution >= 4 is 21.9 Å². The molecule has 0 amide bonds. The molecule has 10 heavy (non-hydrogen) atoms. The highest BCUT2D eigenvalue weighted by Crippen LogP contribution is 2.01. The van der Waals surface area contributed by atoms with E-state index in [1.165, 1.54) is 0 Å². The minimum atomic E-state index is -4.13. The van der Waals surface area contributed by atoms with Crippen molar-refractivity contribution in [2.24, 2.45) is 0 Å². The molecule has 6 heteroatoms. The Balaban J connectivity index is 3.69. The highest BCUT2D eigenvalue weighted by Gasteiger charge is 2.09. The van der Waals surface area contributed by atoms with Gasteiger partial charge in [-0.15, -0.1) is 11.6 Å². The molecule has 0 aromatic heterocycles. The first kappa shape index (κ1) is 10.2. The van der Waals surface area contributed by atoms with Crippen molar-refractivity contribution in [1.82, 2.24) is 4.72 Å². The Morgan fingerprint density at radius 2 is 2.20 bits per heavy atom.